The van der Waals surface area contributed by atoms with E-state index in [2.05, 4.69) is 0 Å². The number of benzene rings is 2. The number of rotatable bonds is 3. The standard InChI is InChI=1S/C17H14O2/c18-17(19)16-14(11-12-7-3-1-4-8-12)15(16)13-9-5-2-6-10-13/h1-11,15-16H,(H,18,19)/b14-11+/t15-,16-/m1/s1. The van der Waals surface area contributed by atoms with Crippen LogP contribution < -0.4 is 0 Å². The average molecular weight is 250 g/mol. The van der Waals surface area contributed by atoms with Gasteiger partial charge in [-0.3, -0.25) is 4.79 Å². The third-order valence-corrected chi connectivity index (χ3v) is 3.50. The minimum absolute atomic E-state index is 0.0268. The Hall–Kier alpha value is -2.35. The summed E-state index contributed by atoms with van der Waals surface area (Å²) >= 11 is 0. The highest BCUT2D eigenvalue weighted by atomic mass is 16.4. The number of hydrogen-bond donors (Lipinski definition) is 1. The van der Waals surface area contributed by atoms with E-state index in [4.69, 9.17) is 0 Å². The van der Waals surface area contributed by atoms with Crippen molar-refractivity contribution in [1.82, 2.24) is 0 Å². The van der Waals surface area contributed by atoms with E-state index in [9.17, 15) is 9.90 Å². The molecule has 1 aliphatic carbocycles. The maximum Gasteiger partial charge on any atom is 0.311 e. The summed E-state index contributed by atoms with van der Waals surface area (Å²) in [5.41, 5.74) is 3.13. The first-order valence-electron chi connectivity index (χ1n) is 6.31. The molecule has 0 heterocycles. The fourth-order valence-electron chi connectivity index (χ4n) is 2.53. The molecular weight excluding hydrogens is 236 g/mol. The Balaban J connectivity index is 1.94. The van der Waals surface area contributed by atoms with Crippen LogP contribution in [0.3, 0.4) is 0 Å². The molecule has 94 valence electrons. The Kier molecular flexibility index (Phi) is 2.92. The molecule has 0 unspecified atom stereocenters. The van der Waals surface area contributed by atoms with Crippen molar-refractivity contribution in [2.45, 2.75) is 5.92 Å². The van der Waals surface area contributed by atoms with Gasteiger partial charge in [0.15, 0.2) is 0 Å². The molecule has 0 bridgehead atoms. The van der Waals surface area contributed by atoms with Crippen LogP contribution in [0.4, 0.5) is 0 Å². The van der Waals surface area contributed by atoms with Gasteiger partial charge in [-0.2, -0.15) is 0 Å². The fourth-order valence-corrected chi connectivity index (χ4v) is 2.53. The summed E-state index contributed by atoms with van der Waals surface area (Å²) in [6.45, 7) is 0. The van der Waals surface area contributed by atoms with Crippen LogP contribution in [-0.4, -0.2) is 11.1 Å². The van der Waals surface area contributed by atoms with E-state index in [-0.39, 0.29) is 11.8 Å². The van der Waals surface area contributed by atoms with E-state index >= 15 is 0 Å². The number of carbonyl (C=O) groups is 1. The minimum atomic E-state index is -0.740. The summed E-state index contributed by atoms with van der Waals surface area (Å²) in [5.74, 6) is -1.09. The van der Waals surface area contributed by atoms with Crippen molar-refractivity contribution in [3.63, 3.8) is 0 Å². The number of carboxylic acids is 1. The first-order chi connectivity index (χ1) is 9.27. The highest BCUT2D eigenvalue weighted by Crippen LogP contribution is 2.54. The zero-order valence-corrected chi connectivity index (χ0v) is 10.4. The lowest BCUT2D eigenvalue weighted by Gasteiger charge is -1.95. The number of hydrogen-bond acceptors (Lipinski definition) is 1. The summed E-state index contributed by atoms with van der Waals surface area (Å²) in [7, 11) is 0. The van der Waals surface area contributed by atoms with Crippen molar-refractivity contribution < 1.29 is 9.90 Å². The summed E-state index contributed by atoms with van der Waals surface area (Å²) in [5, 5.41) is 9.29. The SMILES string of the molecule is O=C(O)[C@@H]1/C(=C/c2ccccc2)[C@H]1c1ccccc1. The summed E-state index contributed by atoms with van der Waals surface area (Å²) in [6, 6.07) is 19.7. The van der Waals surface area contributed by atoms with Gasteiger partial charge in [0.1, 0.15) is 0 Å². The molecule has 1 saturated carbocycles. The Labute approximate surface area is 112 Å². The van der Waals surface area contributed by atoms with Gasteiger partial charge in [-0.25, -0.2) is 0 Å². The van der Waals surface area contributed by atoms with E-state index in [0.29, 0.717) is 0 Å². The summed E-state index contributed by atoms with van der Waals surface area (Å²) in [6.07, 6.45) is 2.00. The molecule has 2 aromatic rings. The third kappa shape index (κ3) is 2.29. The Bertz CT molecular complexity index is 614. The van der Waals surface area contributed by atoms with Crippen LogP contribution >= 0.6 is 0 Å². The van der Waals surface area contributed by atoms with Gasteiger partial charge in [-0.05, 0) is 16.7 Å². The lowest BCUT2D eigenvalue weighted by Crippen LogP contribution is -1.98. The van der Waals surface area contributed by atoms with Gasteiger partial charge in [0.05, 0.1) is 5.92 Å². The molecule has 0 spiro atoms. The van der Waals surface area contributed by atoms with Gasteiger partial charge in [-0.1, -0.05) is 66.7 Å². The second-order valence-corrected chi connectivity index (χ2v) is 4.76. The van der Waals surface area contributed by atoms with Gasteiger partial charge in [-0.15, -0.1) is 0 Å². The van der Waals surface area contributed by atoms with Crippen molar-refractivity contribution >= 4 is 12.0 Å². The van der Waals surface area contributed by atoms with Gasteiger partial charge in [0.2, 0.25) is 0 Å². The van der Waals surface area contributed by atoms with Gasteiger partial charge in [0, 0.05) is 5.92 Å². The first-order valence-corrected chi connectivity index (χ1v) is 6.31. The van der Waals surface area contributed by atoms with Crippen LogP contribution in [0.5, 0.6) is 0 Å². The third-order valence-electron chi connectivity index (χ3n) is 3.50. The monoisotopic (exact) mass is 250 g/mol. The van der Waals surface area contributed by atoms with E-state index in [1.54, 1.807) is 0 Å². The zero-order valence-electron chi connectivity index (χ0n) is 10.4. The van der Waals surface area contributed by atoms with E-state index in [1.165, 1.54) is 0 Å². The molecule has 2 aromatic carbocycles. The largest absolute Gasteiger partial charge is 0.481 e. The van der Waals surface area contributed by atoms with Gasteiger partial charge < -0.3 is 5.11 Å². The van der Waals surface area contributed by atoms with Crippen LogP contribution in [0.1, 0.15) is 17.0 Å². The molecule has 1 fully saturated rings. The average Bonchev–Trinajstić information content (AvgIpc) is 3.15. The van der Waals surface area contributed by atoms with Crippen LogP contribution in [0.25, 0.3) is 6.08 Å². The maximum absolute atomic E-state index is 11.3. The topological polar surface area (TPSA) is 37.3 Å². The van der Waals surface area contributed by atoms with E-state index in [1.807, 2.05) is 66.7 Å². The minimum Gasteiger partial charge on any atom is -0.481 e. The summed E-state index contributed by atoms with van der Waals surface area (Å²) in [4.78, 5) is 11.3. The quantitative estimate of drug-likeness (QED) is 0.904. The van der Waals surface area contributed by atoms with Gasteiger partial charge >= 0.3 is 5.97 Å². The molecule has 2 nitrogen and oxygen atoms in total. The molecule has 0 saturated heterocycles. The molecule has 2 heteroatoms. The molecule has 0 radical (unpaired) electrons. The molecule has 1 aliphatic rings. The molecule has 0 amide bonds. The van der Waals surface area contributed by atoms with Crippen LogP contribution in [0, 0.1) is 5.92 Å². The van der Waals surface area contributed by atoms with Crippen LogP contribution in [-0.2, 0) is 4.79 Å². The molecule has 19 heavy (non-hydrogen) atoms. The molecule has 0 aromatic heterocycles. The highest BCUT2D eigenvalue weighted by molar-refractivity contribution is 5.86. The van der Waals surface area contributed by atoms with Gasteiger partial charge in [0.25, 0.3) is 0 Å². The Morgan fingerprint density at radius 1 is 0.947 bits per heavy atom. The Morgan fingerprint density at radius 2 is 1.53 bits per heavy atom. The van der Waals surface area contributed by atoms with Crippen molar-refractivity contribution in [3.8, 4) is 0 Å². The second kappa shape index (κ2) is 4.73. The van der Waals surface area contributed by atoms with Crippen molar-refractivity contribution in [2.24, 2.45) is 5.92 Å². The molecule has 0 aliphatic heterocycles. The molecule has 1 N–H and O–H groups in total. The van der Waals surface area contributed by atoms with Crippen LogP contribution in [0.2, 0.25) is 0 Å². The predicted molar refractivity (Wildman–Crippen MR) is 74.7 cm³/mol. The maximum atomic E-state index is 11.3. The molecule has 3 rings (SSSR count). The zero-order chi connectivity index (χ0) is 13.2. The predicted octanol–water partition coefficient (Wildman–Crippen LogP) is 3.57. The van der Waals surface area contributed by atoms with E-state index < -0.39 is 5.97 Å². The smallest absolute Gasteiger partial charge is 0.311 e. The highest BCUT2D eigenvalue weighted by Gasteiger charge is 2.50. The molecular formula is C17H14O2. The first kappa shape index (κ1) is 11.7. The molecule has 2 atom stereocenters. The van der Waals surface area contributed by atoms with Crippen molar-refractivity contribution in [3.05, 3.63) is 77.4 Å². The van der Waals surface area contributed by atoms with Crippen molar-refractivity contribution in [2.75, 3.05) is 0 Å². The lowest BCUT2D eigenvalue weighted by atomic mass is 10.1. The fraction of sp³-hybridized carbons (Fsp3) is 0.118. The normalized spacial score (nSPS) is 23.3. The lowest BCUT2D eigenvalue weighted by molar-refractivity contribution is -0.138. The summed E-state index contributed by atoms with van der Waals surface area (Å²) < 4.78 is 0. The van der Waals surface area contributed by atoms with E-state index in [0.717, 1.165) is 16.7 Å². The second-order valence-electron chi connectivity index (χ2n) is 4.76. The number of aliphatic carboxylic acids is 1. The van der Waals surface area contributed by atoms with Crippen molar-refractivity contribution in [1.29, 1.82) is 0 Å². The Morgan fingerprint density at radius 3 is 2.11 bits per heavy atom. The van der Waals surface area contributed by atoms with Crippen LogP contribution in [0.15, 0.2) is 66.2 Å². The number of carboxylic acid groups (broad SMARTS) is 1.